The average Bonchev–Trinajstić information content (AvgIpc) is 2.43. The van der Waals surface area contributed by atoms with Gasteiger partial charge >= 0.3 is 0 Å². The summed E-state index contributed by atoms with van der Waals surface area (Å²) in [5.74, 6) is 0. The Morgan fingerprint density at radius 2 is 2.10 bits per heavy atom. The fourth-order valence-corrected chi connectivity index (χ4v) is 0.939. The second-order valence-electron chi connectivity index (χ2n) is 2.69. The van der Waals surface area contributed by atoms with E-state index in [-0.39, 0.29) is 6.61 Å². The molecule has 0 aliphatic heterocycles. The normalized spacial score (nSPS) is 22.6. The van der Waals surface area contributed by atoms with E-state index in [1.807, 2.05) is 0 Å². The van der Waals surface area contributed by atoms with E-state index in [0.29, 0.717) is 12.8 Å². The Hall–Kier alpha value is -0.130. The summed E-state index contributed by atoms with van der Waals surface area (Å²) in [7, 11) is -3.38. The highest BCUT2D eigenvalue weighted by atomic mass is 32.2. The van der Waals surface area contributed by atoms with E-state index in [2.05, 4.69) is 4.18 Å². The van der Waals surface area contributed by atoms with Gasteiger partial charge in [0.25, 0.3) is 10.1 Å². The van der Waals surface area contributed by atoms with Gasteiger partial charge in [0.05, 0.1) is 18.5 Å². The molecule has 0 heterocycles. The van der Waals surface area contributed by atoms with Crippen LogP contribution in [0, 0.1) is 0 Å². The zero-order valence-electron chi connectivity index (χ0n) is 5.70. The molecule has 0 amide bonds. The molecule has 1 aliphatic carbocycles. The first-order chi connectivity index (χ1) is 4.41. The predicted octanol–water partition coefficient (Wildman–Crippen LogP) is -0.513. The van der Waals surface area contributed by atoms with Gasteiger partial charge in [-0.15, -0.1) is 0 Å². The molecule has 0 bridgehead atoms. The molecule has 0 saturated heterocycles. The Kier molecular flexibility index (Phi) is 1.74. The molecule has 0 aromatic rings. The molecular weight excluding hydrogens is 156 g/mol. The van der Waals surface area contributed by atoms with Crippen molar-refractivity contribution in [2.45, 2.75) is 18.4 Å². The third-order valence-corrected chi connectivity index (χ3v) is 1.91. The van der Waals surface area contributed by atoms with Crippen LogP contribution in [0.15, 0.2) is 0 Å². The van der Waals surface area contributed by atoms with E-state index in [9.17, 15) is 8.42 Å². The van der Waals surface area contributed by atoms with Crippen LogP contribution in [0.1, 0.15) is 12.8 Å². The molecule has 4 nitrogen and oxygen atoms in total. The van der Waals surface area contributed by atoms with Crippen LogP contribution in [0.3, 0.4) is 0 Å². The van der Waals surface area contributed by atoms with Crippen LogP contribution in [0.4, 0.5) is 0 Å². The molecule has 0 unspecified atom stereocenters. The second-order valence-corrected chi connectivity index (χ2v) is 4.33. The summed E-state index contributed by atoms with van der Waals surface area (Å²) in [6.07, 6.45) is 2.25. The summed E-state index contributed by atoms with van der Waals surface area (Å²) >= 11 is 0. The van der Waals surface area contributed by atoms with Gasteiger partial charge in [-0.2, -0.15) is 8.42 Å². The number of hydrogen-bond acceptors (Lipinski definition) is 4. The first kappa shape index (κ1) is 7.97. The summed E-state index contributed by atoms with van der Waals surface area (Å²) < 4.78 is 25.1. The van der Waals surface area contributed by atoms with Gasteiger partial charge in [0, 0.05) is 0 Å². The van der Waals surface area contributed by atoms with Gasteiger partial charge in [0.2, 0.25) is 0 Å². The summed E-state index contributed by atoms with van der Waals surface area (Å²) in [6, 6.07) is 0. The fraction of sp³-hybridized carbons (Fsp3) is 1.00. The minimum absolute atomic E-state index is 0.0914. The maximum atomic E-state index is 10.4. The standard InChI is InChI=1S/C5H10O4S/c1-10(7,8)9-4-5(6)2-3-5/h6H,2-4H2,1H3. The van der Waals surface area contributed by atoms with Gasteiger partial charge in [0.1, 0.15) is 0 Å². The van der Waals surface area contributed by atoms with E-state index < -0.39 is 15.7 Å². The predicted molar refractivity (Wildman–Crippen MR) is 35.0 cm³/mol. The third-order valence-electron chi connectivity index (χ3n) is 1.37. The Morgan fingerprint density at radius 1 is 1.60 bits per heavy atom. The van der Waals surface area contributed by atoms with E-state index in [4.69, 9.17) is 5.11 Å². The molecule has 1 fully saturated rings. The Labute approximate surface area is 59.9 Å². The summed E-state index contributed by atoms with van der Waals surface area (Å²) in [4.78, 5) is 0. The number of hydrogen-bond donors (Lipinski definition) is 1. The highest BCUT2D eigenvalue weighted by Crippen LogP contribution is 2.35. The van der Waals surface area contributed by atoms with Crippen molar-refractivity contribution in [3.63, 3.8) is 0 Å². The number of aliphatic hydroxyl groups is 1. The minimum atomic E-state index is -3.38. The fourth-order valence-electron chi connectivity index (χ4n) is 0.505. The molecule has 1 N–H and O–H groups in total. The molecule has 60 valence electrons. The molecule has 10 heavy (non-hydrogen) atoms. The van der Waals surface area contributed by atoms with Gasteiger partial charge in [0.15, 0.2) is 0 Å². The largest absolute Gasteiger partial charge is 0.387 e. The van der Waals surface area contributed by atoms with Crippen molar-refractivity contribution in [1.29, 1.82) is 0 Å². The third kappa shape index (κ3) is 2.64. The van der Waals surface area contributed by atoms with Crippen molar-refractivity contribution >= 4 is 10.1 Å². The second kappa shape index (κ2) is 2.18. The molecule has 1 aliphatic rings. The SMILES string of the molecule is CS(=O)(=O)OCC1(O)CC1. The van der Waals surface area contributed by atoms with Crippen molar-refractivity contribution in [3.05, 3.63) is 0 Å². The smallest absolute Gasteiger partial charge is 0.264 e. The summed E-state index contributed by atoms with van der Waals surface area (Å²) in [5, 5.41) is 9.10. The van der Waals surface area contributed by atoms with Gasteiger partial charge in [-0.05, 0) is 12.8 Å². The zero-order chi connectivity index (χ0) is 7.83. The quantitative estimate of drug-likeness (QED) is 0.573. The molecule has 5 heteroatoms. The van der Waals surface area contributed by atoms with Crippen molar-refractivity contribution in [3.8, 4) is 0 Å². The topological polar surface area (TPSA) is 63.6 Å². The van der Waals surface area contributed by atoms with E-state index in [1.54, 1.807) is 0 Å². The lowest BCUT2D eigenvalue weighted by Crippen LogP contribution is -2.18. The van der Waals surface area contributed by atoms with E-state index >= 15 is 0 Å². The van der Waals surface area contributed by atoms with Crippen LogP contribution in [-0.2, 0) is 14.3 Å². The number of rotatable bonds is 3. The first-order valence-corrected chi connectivity index (χ1v) is 4.80. The lowest BCUT2D eigenvalue weighted by Gasteiger charge is -2.04. The Balaban J connectivity index is 2.30. The summed E-state index contributed by atoms with van der Waals surface area (Å²) in [6.45, 7) is -0.0914. The van der Waals surface area contributed by atoms with Crippen molar-refractivity contribution in [2.24, 2.45) is 0 Å². The van der Waals surface area contributed by atoms with Crippen LogP contribution >= 0.6 is 0 Å². The zero-order valence-corrected chi connectivity index (χ0v) is 6.52. The average molecular weight is 166 g/mol. The molecule has 0 radical (unpaired) electrons. The van der Waals surface area contributed by atoms with Crippen LogP contribution in [0.25, 0.3) is 0 Å². The molecule has 0 aromatic carbocycles. The maximum absolute atomic E-state index is 10.4. The van der Waals surface area contributed by atoms with Crippen molar-refractivity contribution in [2.75, 3.05) is 12.9 Å². The molecular formula is C5H10O4S. The molecule has 0 spiro atoms. The minimum Gasteiger partial charge on any atom is -0.387 e. The summed E-state index contributed by atoms with van der Waals surface area (Å²) in [5.41, 5.74) is -0.844. The van der Waals surface area contributed by atoms with E-state index in [0.717, 1.165) is 6.26 Å². The van der Waals surface area contributed by atoms with Gasteiger partial charge < -0.3 is 5.11 Å². The maximum Gasteiger partial charge on any atom is 0.264 e. The highest BCUT2D eigenvalue weighted by molar-refractivity contribution is 7.85. The van der Waals surface area contributed by atoms with Crippen LogP contribution in [0.2, 0.25) is 0 Å². The Bertz CT molecular complexity index is 214. The lowest BCUT2D eigenvalue weighted by atomic mass is 10.4. The lowest BCUT2D eigenvalue weighted by molar-refractivity contribution is 0.0890. The molecule has 1 rings (SSSR count). The molecule has 0 atom stereocenters. The van der Waals surface area contributed by atoms with Crippen LogP contribution < -0.4 is 0 Å². The molecule has 1 saturated carbocycles. The van der Waals surface area contributed by atoms with E-state index in [1.165, 1.54) is 0 Å². The monoisotopic (exact) mass is 166 g/mol. The van der Waals surface area contributed by atoms with Crippen molar-refractivity contribution in [1.82, 2.24) is 0 Å². The van der Waals surface area contributed by atoms with Crippen LogP contribution in [-0.4, -0.2) is 32.0 Å². The van der Waals surface area contributed by atoms with Gasteiger partial charge in [-0.25, -0.2) is 0 Å². The highest BCUT2D eigenvalue weighted by Gasteiger charge is 2.41. The molecule has 0 aromatic heterocycles. The van der Waals surface area contributed by atoms with Gasteiger partial charge in [-0.3, -0.25) is 4.18 Å². The van der Waals surface area contributed by atoms with Gasteiger partial charge in [-0.1, -0.05) is 0 Å². The first-order valence-electron chi connectivity index (χ1n) is 2.98. The Morgan fingerprint density at radius 3 is 2.40 bits per heavy atom. The van der Waals surface area contributed by atoms with Crippen LogP contribution in [0.5, 0.6) is 0 Å². The van der Waals surface area contributed by atoms with Crippen molar-refractivity contribution < 1.29 is 17.7 Å².